The molecule has 0 fully saturated rings. The first-order chi connectivity index (χ1) is 8.43. The Morgan fingerprint density at radius 2 is 1.83 bits per heavy atom. The Balaban J connectivity index is 3.34. The topological polar surface area (TPSA) is 69.6 Å². The van der Waals surface area contributed by atoms with Crippen LogP contribution in [-0.4, -0.2) is 49.1 Å². The quantitative estimate of drug-likeness (QED) is 0.580. The van der Waals surface area contributed by atoms with E-state index in [9.17, 15) is 9.59 Å². The molecule has 0 heterocycles. The number of hydrogen-bond acceptors (Lipinski definition) is 3. The fourth-order valence-corrected chi connectivity index (χ4v) is 1.58. The molecular formula is C13H26N2O3. The minimum absolute atomic E-state index is 0.159. The fourth-order valence-electron chi connectivity index (χ4n) is 1.58. The van der Waals surface area contributed by atoms with Crippen molar-refractivity contribution < 1.29 is 14.7 Å². The van der Waals surface area contributed by atoms with Crippen LogP contribution in [0, 0.1) is 5.92 Å². The highest BCUT2D eigenvalue weighted by molar-refractivity contribution is 5.75. The molecule has 0 radical (unpaired) electrons. The summed E-state index contributed by atoms with van der Waals surface area (Å²) in [5.41, 5.74) is 0. The van der Waals surface area contributed by atoms with Crippen molar-refractivity contribution in [2.45, 2.75) is 39.0 Å². The second kappa shape index (κ2) is 9.88. The summed E-state index contributed by atoms with van der Waals surface area (Å²) in [6.07, 6.45) is 3.39. The number of nitrogens with one attached hydrogen (secondary N) is 1. The van der Waals surface area contributed by atoms with Crippen LogP contribution in [0.1, 0.15) is 39.0 Å². The van der Waals surface area contributed by atoms with Crippen LogP contribution in [0.3, 0.4) is 0 Å². The van der Waals surface area contributed by atoms with Gasteiger partial charge in [-0.1, -0.05) is 6.92 Å². The zero-order valence-electron chi connectivity index (χ0n) is 11.7. The van der Waals surface area contributed by atoms with Gasteiger partial charge in [0.15, 0.2) is 0 Å². The number of carboxylic acids is 1. The third kappa shape index (κ3) is 10.1. The van der Waals surface area contributed by atoms with E-state index < -0.39 is 5.97 Å². The molecule has 1 atom stereocenters. The second-order valence-corrected chi connectivity index (χ2v) is 4.97. The number of carboxylic acid groups (broad SMARTS) is 1. The van der Waals surface area contributed by atoms with Gasteiger partial charge in [-0.25, -0.2) is 0 Å². The van der Waals surface area contributed by atoms with Gasteiger partial charge in [0.1, 0.15) is 0 Å². The Labute approximate surface area is 110 Å². The summed E-state index contributed by atoms with van der Waals surface area (Å²) in [5.74, 6) is -0.138. The zero-order chi connectivity index (χ0) is 14.0. The van der Waals surface area contributed by atoms with Gasteiger partial charge < -0.3 is 15.3 Å². The van der Waals surface area contributed by atoms with Gasteiger partial charge in [0.2, 0.25) is 5.91 Å². The van der Waals surface area contributed by atoms with Crippen LogP contribution >= 0.6 is 0 Å². The minimum Gasteiger partial charge on any atom is -0.481 e. The van der Waals surface area contributed by atoms with E-state index in [2.05, 4.69) is 12.2 Å². The van der Waals surface area contributed by atoms with Crippen molar-refractivity contribution in [1.82, 2.24) is 10.2 Å². The molecule has 18 heavy (non-hydrogen) atoms. The molecule has 0 aromatic heterocycles. The van der Waals surface area contributed by atoms with Crippen molar-refractivity contribution in [3.63, 3.8) is 0 Å². The van der Waals surface area contributed by atoms with Crippen molar-refractivity contribution >= 4 is 11.9 Å². The van der Waals surface area contributed by atoms with Gasteiger partial charge in [0.05, 0.1) is 0 Å². The lowest BCUT2D eigenvalue weighted by molar-refractivity contribution is -0.137. The Morgan fingerprint density at radius 3 is 2.39 bits per heavy atom. The summed E-state index contributed by atoms with van der Waals surface area (Å²) in [6, 6.07) is 0. The number of hydrogen-bond donors (Lipinski definition) is 2. The van der Waals surface area contributed by atoms with Gasteiger partial charge in [-0.05, 0) is 38.3 Å². The predicted molar refractivity (Wildman–Crippen MR) is 71.4 cm³/mol. The molecule has 0 rings (SSSR count). The molecule has 0 saturated carbocycles. The van der Waals surface area contributed by atoms with Gasteiger partial charge in [0, 0.05) is 26.9 Å². The van der Waals surface area contributed by atoms with E-state index in [-0.39, 0.29) is 12.3 Å². The Hall–Kier alpha value is -1.10. The number of nitrogens with zero attached hydrogens (tertiary/aromatic N) is 1. The van der Waals surface area contributed by atoms with Crippen LogP contribution in [-0.2, 0) is 9.59 Å². The summed E-state index contributed by atoms with van der Waals surface area (Å²) in [4.78, 5) is 23.3. The van der Waals surface area contributed by atoms with E-state index in [1.165, 1.54) is 0 Å². The SMILES string of the molecule is CC(CCNCCCC(=O)N(C)C)CCC(=O)O. The van der Waals surface area contributed by atoms with Crippen LogP contribution in [0.15, 0.2) is 0 Å². The second-order valence-electron chi connectivity index (χ2n) is 4.97. The highest BCUT2D eigenvalue weighted by atomic mass is 16.4. The molecule has 5 heteroatoms. The maximum absolute atomic E-state index is 11.3. The lowest BCUT2D eigenvalue weighted by Gasteiger charge is -2.12. The van der Waals surface area contributed by atoms with Crippen LogP contribution in [0.5, 0.6) is 0 Å². The molecule has 5 nitrogen and oxygen atoms in total. The van der Waals surface area contributed by atoms with Crippen molar-refractivity contribution in [2.75, 3.05) is 27.2 Å². The zero-order valence-corrected chi connectivity index (χ0v) is 11.7. The largest absolute Gasteiger partial charge is 0.481 e. The van der Waals surface area contributed by atoms with Crippen LogP contribution in [0.25, 0.3) is 0 Å². The summed E-state index contributed by atoms with van der Waals surface area (Å²) in [5, 5.41) is 11.8. The van der Waals surface area contributed by atoms with E-state index in [1.54, 1.807) is 19.0 Å². The fraction of sp³-hybridized carbons (Fsp3) is 0.846. The van der Waals surface area contributed by atoms with Gasteiger partial charge in [-0.2, -0.15) is 0 Å². The molecule has 0 aliphatic heterocycles. The first-order valence-corrected chi connectivity index (χ1v) is 6.56. The normalized spacial score (nSPS) is 12.2. The molecule has 0 bridgehead atoms. The van der Waals surface area contributed by atoms with E-state index in [0.29, 0.717) is 12.3 Å². The van der Waals surface area contributed by atoms with Crippen LogP contribution in [0.4, 0.5) is 0 Å². The first-order valence-electron chi connectivity index (χ1n) is 6.56. The van der Waals surface area contributed by atoms with Crippen LogP contribution in [0.2, 0.25) is 0 Å². The summed E-state index contributed by atoms with van der Waals surface area (Å²) >= 11 is 0. The lowest BCUT2D eigenvalue weighted by atomic mass is 10.0. The van der Waals surface area contributed by atoms with Crippen molar-refractivity contribution in [1.29, 1.82) is 0 Å². The number of carbonyl (C=O) groups is 2. The van der Waals surface area contributed by atoms with Gasteiger partial charge in [0.25, 0.3) is 0 Å². The summed E-state index contributed by atoms with van der Waals surface area (Å²) in [7, 11) is 3.53. The van der Waals surface area contributed by atoms with E-state index in [0.717, 1.165) is 32.4 Å². The Kier molecular flexibility index (Phi) is 9.28. The average Bonchev–Trinajstić information content (AvgIpc) is 2.30. The highest BCUT2D eigenvalue weighted by Gasteiger charge is 2.05. The number of aliphatic carboxylic acids is 1. The molecule has 1 unspecified atom stereocenters. The van der Waals surface area contributed by atoms with Gasteiger partial charge >= 0.3 is 5.97 Å². The number of rotatable bonds is 10. The van der Waals surface area contributed by atoms with Crippen LogP contribution < -0.4 is 5.32 Å². The summed E-state index contributed by atoms with van der Waals surface area (Å²) < 4.78 is 0. The van der Waals surface area contributed by atoms with E-state index in [4.69, 9.17) is 5.11 Å². The third-order valence-electron chi connectivity index (χ3n) is 2.91. The molecule has 0 aliphatic rings. The van der Waals surface area contributed by atoms with Gasteiger partial charge in [-0.15, -0.1) is 0 Å². The third-order valence-corrected chi connectivity index (χ3v) is 2.91. The van der Waals surface area contributed by atoms with Crippen molar-refractivity contribution in [3.05, 3.63) is 0 Å². The molecular weight excluding hydrogens is 232 g/mol. The highest BCUT2D eigenvalue weighted by Crippen LogP contribution is 2.09. The molecule has 0 spiro atoms. The Morgan fingerprint density at radius 1 is 1.17 bits per heavy atom. The molecule has 0 aliphatic carbocycles. The maximum atomic E-state index is 11.3. The number of carbonyl (C=O) groups excluding carboxylic acids is 1. The molecule has 1 amide bonds. The smallest absolute Gasteiger partial charge is 0.303 e. The first kappa shape index (κ1) is 16.9. The predicted octanol–water partition coefficient (Wildman–Crippen LogP) is 1.34. The molecule has 0 aromatic rings. The molecule has 0 aromatic carbocycles. The molecule has 0 saturated heterocycles. The standard InChI is InChI=1S/C13H26N2O3/c1-11(6-7-13(17)18)8-10-14-9-4-5-12(16)15(2)3/h11,14H,4-10H2,1-3H3,(H,17,18). The lowest BCUT2D eigenvalue weighted by Crippen LogP contribution is -2.24. The minimum atomic E-state index is -0.725. The monoisotopic (exact) mass is 258 g/mol. The Bertz CT molecular complexity index is 255. The molecule has 106 valence electrons. The maximum Gasteiger partial charge on any atom is 0.303 e. The number of amides is 1. The van der Waals surface area contributed by atoms with Crippen molar-refractivity contribution in [3.8, 4) is 0 Å². The molecule has 2 N–H and O–H groups in total. The summed E-state index contributed by atoms with van der Waals surface area (Å²) in [6.45, 7) is 3.79. The van der Waals surface area contributed by atoms with E-state index in [1.807, 2.05) is 0 Å². The van der Waals surface area contributed by atoms with Crippen molar-refractivity contribution in [2.24, 2.45) is 5.92 Å². The van der Waals surface area contributed by atoms with Gasteiger partial charge in [-0.3, -0.25) is 9.59 Å². The van der Waals surface area contributed by atoms with E-state index >= 15 is 0 Å². The average molecular weight is 258 g/mol.